The van der Waals surface area contributed by atoms with Crippen LogP contribution in [0.4, 0.5) is 4.79 Å². The highest BCUT2D eigenvalue weighted by atomic mass is 16.4. The molecule has 20 heavy (non-hydrogen) atoms. The summed E-state index contributed by atoms with van der Waals surface area (Å²) >= 11 is 0. The summed E-state index contributed by atoms with van der Waals surface area (Å²) in [7, 11) is 4.01. The van der Waals surface area contributed by atoms with Gasteiger partial charge in [-0.15, -0.1) is 0 Å². The minimum absolute atomic E-state index is 0.229. The zero-order valence-electron chi connectivity index (χ0n) is 12.9. The molecule has 0 aromatic heterocycles. The highest BCUT2D eigenvalue weighted by Gasteiger charge is 2.28. The fourth-order valence-corrected chi connectivity index (χ4v) is 2.49. The van der Waals surface area contributed by atoms with Crippen LogP contribution in [0.5, 0.6) is 0 Å². The Bertz CT molecular complexity index is 345. The van der Waals surface area contributed by atoms with E-state index in [-0.39, 0.29) is 11.9 Å². The van der Waals surface area contributed by atoms with Crippen molar-refractivity contribution in [3.8, 4) is 0 Å². The number of likely N-dealkylation sites (N-methyl/N-ethyl adjacent to an activating group) is 1. The summed E-state index contributed by atoms with van der Waals surface area (Å²) in [5, 5.41) is 11.8. The normalized spacial score (nSPS) is 21.1. The number of urea groups is 1. The molecule has 0 spiro atoms. The fourth-order valence-electron chi connectivity index (χ4n) is 2.49. The highest BCUT2D eigenvalue weighted by molar-refractivity contribution is 5.82. The number of nitrogens with one attached hydrogen (secondary N) is 1. The average molecular weight is 285 g/mol. The molecule has 2 amide bonds. The first-order valence-electron chi connectivity index (χ1n) is 7.26. The number of nitrogens with zero attached hydrogens (tertiary/aromatic N) is 2. The predicted molar refractivity (Wildman–Crippen MR) is 77.7 cm³/mol. The molecule has 1 aliphatic rings. The van der Waals surface area contributed by atoms with Crippen LogP contribution in [0.25, 0.3) is 0 Å². The zero-order chi connectivity index (χ0) is 15.3. The maximum absolute atomic E-state index is 12.2. The summed E-state index contributed by atoms with van der Waals surface area (Å²) in [5.74, 6) is -0.736. The maximum atomic E-state index is 12.2. The van der Waals surface area contributed by atoms with Crippen molar-refractivity contribution in [1.82, 2.24) is 15.1 Å². The van der Waals surface area contributed by atoms with Crippen LogP contribution in [-0.2, 0) is 4.79 Å². The van der Waals surface area contributed by atoms with Crippen molar-refractivity contribution in [2.75, 3.05) is 27.2 Å². The molecule has 116 valence electrons. The Balaban J connectivity index is 2.57. The smallest absolute Gasteiger partial charge is 0.326 e. The largest absolute Gasteiger partial charge is 0.480 e. The van der Waals surface area contributed by atoms with Gasteiger partial charge in [-0.2, -0.15) is 0 Å². The Morgan fingerprint density at radius 1 is 1.40 bits per heavy atom. The van der Waals surface area contributed by atoms with E-state index >= 15 is 0 Å². The molecule has 0 aromatic carbocycles. The van der Waals surface area contributed by atoms with E-state index < -0.39 is 12.0 Å². The molecule has 0 radical (unpaired) electrons. The van der Waals surface area contributed by atoms with Gasteiger partial charge in [0.15, 0.2) is 0 Å². The first-order valence-corrected chi connectivity index (χ1v) is 7.26. The lowest BCUT2D eigenvalue weighted by molar-refractivity contribution is -0.139. The maximum Gasteiger partial charge on any atom is 0.326 e. The first kappa shape index (κ1) is 16.8. The van der Waals surface area contributed by atoms with Crippen LogP contribution in [-0.4, -0.2) is 66.2 Å². The van der Waals surface area contributed by atoms with Gasteiger partial charge in [-0.25, -0.2) is 9.59 Å². The molecule has 1 heterocycles. The number of carbonyl (C=O) groups is 2. The minimum Gasteiger partial charge on any atom is -0.480 e. The second-order valence-corrected chi connectivity index (χ2v) is 6.18. The zero-order valence-corrected chi connectivity index (χ0v) is 12.9. The SMILES string of the molecule is CC(C)CC(NC(=O)N1CCCC(N(C)C)C1)C(=O)O. The monoisotopic (exact) mass is 285 g/mol. The van der Waals surface area contributed by atoms with Crippen LogP contribution < -0.4 is 5.32 Å². The van der Waals surface area contributed by atoms with Gasteiger partial charge in [0, 0.05) is 19.1 Å². The third-order valence-corrected chi connectivity index (χ3v) is 3.72. The van der Waals surface area contributed by atoms with E-state index in [1.807, 2.05) is 27.9 Å². The summed E-state index contributed by atoms with van der Waals surface area (Å²) in [6.45, 7) is 5.26. The summed E-state index contributed by atoms with van der Waals surface area (Å²) in [6, 6.07) is -0.713. The van der Waals surface area contributed by atoms with E-state index in [0.717, 1.165) is 12.8 Å². The van der Waals surface area contributed by atoms with Crippen LogP contribution in [0, 0.1) is 5.92 Å². The van der Waals surface area contributed by atoms with Gasteiger partial charge in [0.25, 0.3) is 0 Å². The van der Waals surface area contributed by atoms with Crippen molar-refractivity contribution in [3.63, 3.8) is 0 Å². The number of rotatable bonds is 5. The summed E-state index contributed by atoms with van der Waals surface area (Å²) in [4.78, 5) is 27.2. The molecular formula is C14H27N3O3. The highest BCUT2D eigenvalue weighted by Crippen LogP contribution is 2.14. The number of carboxylic acids is 1. The van der Waals surface area contributed by atoms with Gasteiger partial charge in [0.05, 0.1) is 0 Å². The molecule has 2 atom stereocenters. The molecule has 0 aliphatic carbocycles. The van der Waals surface area contributed by atoms with Crippen LogP contribution in [0.1, 0.15) is 33.1 Å². The Labute approximate surface area is 121 Å². The lowest BCUT2D eigenvalue weighted by Crippen LogP contribution is -2.54. The number of carboxylic acid groups (broad SMARTS) is 1. The quantitative estimate of drug-likeness (QED) is 0.796. The third-order valence-electron chi connectivity index (χ3n) is 3.72. The first-order chi connectivity index (χ1) is 9.31. The van der Waals surface area contributed by atoms with Gasteiger partial charge in [0.2, 0.25) is 0 Å². The number of amides is 2. The Kier molecular flexibility index (Phi) is 6.26. The van der Waals surface area contributed by atoms with E-state index in [9.17, 15) is 9.59 Å². The van der Waals surface area contributed by atoms with Gasteiger partial charge >= 0.3 is 12.0 Å². The lowest BCUT2D eigenvalue weighted by atomic mass is 10.0. The van der Waals surface area contributed by atoms with Crippen molar-refractivity contribution < 1.29 is 14.7 Å². The van der Waals surface area contributed by atoms with Crippen molar-refractivity contribution in [2.45, 2.75) is 45.2 Å². The van der Waals surface area contributed by atoms with Gasteiger partial charge in [0.1, 0.15) is 6.04 Å². The lowest BCUT2D eigenvalue weighted by Gasteiger charge is -2.36. The number of hydrogen-bond donors (Lipinski definition) is 2. The van der Waals surface area contributed by atoms with Crippen LogP contribution in [0.15, 0.2) is 0 Å². The Hall–Kier alpha value is -1.30. The van der Waals surface area contributed by atoms with Gasteiger partial charge < -0.3 is 20.2 Å². The number of aliphatic carboxylic acids is 1. The summed E-state index contributed by atoms with van der Waals surface area (Å²) < 4.78 is 0. The van der Waals surface area contributed by atoms with E-state index in [4.69, 9.17) is 5.11 Å². The molecular weight excluding hydrogens is 258 g/mol. The van der Waals surface area contributed by atoms with Crippen LogP contribution in [0.3, 0.4) is 0 Å². The van der Waals surface area contributed by atoms with Crippen molar-refractivity contribution >= 4 is 12.0 Å². The summed E-state index contributed by atoms with van der Waals surface area (Å²) in [6.07, 6.45) is 2.48. The molecule has 2 unspecified atom stereocenters. The van der Waals surface area contributed by atoms with Crippen molar-refractivity contribution in [1.29, 1.82) is 0 Å². The standard InChI is InChI=1S/C14H27N3O3/c1-10(2)8-12(13(18)19)15-14(20)17-7-5-6-11(9-17)16(3)4/h10-12H,5-9H2,1-4H3,(H,15,20)(H,18,19). The molecule has 1 fully saturated rings. The number of carbonyl (C=O) groups excluding carboxylic acids is 1. The van der Waals surface area contributed by atoms with E-state index in [0.29, 0.717) is 25.6 Å². The molecule has 1 saturated heterocycles. The van der Waals surface area contributed by atoms with Crippen molar-refractivity contribution in [2.24, 2.45) is 5.92 Å². The predicted octanol–water partition coefficient (Wildman–Crippen LogP) is 1.22. The molecule has 2 N–H and O–H groups in total. The molecule has 6 nitrogen and oxygen atoms in total. The summed E-state index contributed by atoms with van der Waals surface area (Å²) in [5.41, 5.74) is 0. The number of likely N-dealkylation sites (tertiary alicyclic amines) is 1. The Morgan fingerprint density at radius 3 is 2.55 bits per heavy atom. The Morgan fingerprint density at radius 2 is 2.05 bits per heavy atom. The van der Waals surface area contributed by atoms with Gasteiger partial charge in [-0.05, 0) is 39.3 Å². The van der Waals surface area contributed by atoms with E-state index in [1.54, 1.807) is 4.90 Å². The van der Waals surface area contributed by atoms with Crippen LogP contribution in [0.2, 0.25) is 0 Å². The molecule has 1 rings (SSSR count). The number of piperidine rings is 1. The van der Waals surface area contributed by atoms with E-state index in [2.05, 4.69) is 10.2 Å². The fraction of sp³-hybridized carbons (Fsp3) is 0.857. The molecule has 0 saturated carbocycles. The average Bonchev–Trinajstić information content (AvgIpc) is 2.37. The second kappa shape index (κ2) is 7.47. The second-order valence-electron chi connectivity index (χ2n) is 6.18. The van der Waals surface area contributed by atoms with Crippen molar-refractivity contribution in [3.05, 3.63) is 0 Å². The number of hydrogen-bond acceptors (Lipinski definition) is 3. The molecule has 0 bridgehead atoms. The molecule has 1 aliphatic heterocycles. The molecule has 0 aromatic rings. The topological polar surface area (TPSA) is 72.9 Å². The van der Waals surface area contributed by atoms with Gasteiger partial charge in [-0.1, -0.05) is 13.8 Å². The van der Waals surface area contributed by atoms with E-state index in [1.165, 1.54) is 0 Å². The molecule has 6 heteroatoms. The van der Waals surface area contributed by atoms with Gasteiger partial charge in [-0.3, -0.25) is 0 Å². The third kappa shape index (κ3) is 5.00. The van der Waals surface area contributed by atoms with Crippen LogP contribution >= 0.6 is 0 Å². The minimum atomic E-state index is -0.965.